The minimum atomic E-state index is -0.657. The summed E-state index contributed by atoms with van der Waals surface area (Å²) in [5.74, 6) is -1.15. The smallest absolute Gasteiger partial charge is 0.363 e. The van der Waals surface area contributed by atoms with Gasteiger partial charge in [-0.2, -0.15) is 0 Å². The molecule has 0 saturated heterocycles. The monoisotopic (exact) mass is 621 g/mol. The van der Waals surface area contributed by atoms with Crippen molar-refractivity contribution in [3.63, 3.8) is 0 Å². The third kappa shape index (κ3) is 5.32. The van der Waals surface area contributed by atoms with E-state index in [1.54, 1.807) is 37.3 Å². The Labute approximate surface area is 193 Å². The highest BCUT2D eigenvalue weighted by atomic mass is 127. The number of rotatable bonds is 6. The molecule has 2 aromatic carbocycles. The first-order valence-corrected chi connectivity index (χ1v) is 10.6. The van der Waals surface area contributed by atoms with Crippen molar-refractivity contribution < 1.29 is 28.2 Å². The Morgan fingerprint density at radius 1 is 1.24 bits per heavy atom. The number of carbonyl (C=O) groups excluding carboxylic acids is 2. The summed E-state index contributed by atoms with van der Waals surface area (Å²) in [6.07, 6.45) is 1.55. The van der Waals surface area contributed by atoms with E-state index in [0.717, 1.165) is 7.14 Å². The summed E-state index contributed by atoms with van der Waals surface area (Å²) in [6.45, 7) is 1.82. The summed E-state index contributed by atoms with van der Waals surface area (Å²) < 4.78 is 30.9. The van der Waals surface area contributed by atoms with E-state index in [1.165, 1.54) is 12.1 Å². The second kappa shape index (κ2) is 9.65. The van der Waals surface area contributed by atoms with Gasteiger partial charge >= 0.3 is 11.9 Å². The Bertz CT molecular complexity index is 1010. The molecule has 0 N–H and O–H groups in total. The second-order valence-corrected chi connectivity index (χ2v) is 8.05. The van der Waals surface area contributed by atoms with E-state index in [2.05, 4.69) is 50.2 Å². The Hall–Kier alpha value is -2.02. The van der Waals surface area contributed by atoms with E-state index in [9.17, 15) is 14.0 Å². The third-order valence-electron chi connectivity index (χ3n) is 3.69. The number of halogens is 3. The molecule has 6 nitrogen and oxygen atoms in total. The van der Waals surface area contributed by atoms with Crippen LogP contribution < -0.4 is 4.74 Å². The van der Waals surface area contributed by atoms with E-state index in [0.29, 0.717) is 11.3 Å². The van der Waals surface area contributed by atoms with Gasteiger partial charge in [-0.3, -0.25) is 0 Å². The van der Waals surface area contributed by atoms with Crippen LogP contribution in [0, 0.1) is 13.0 Å². The van der Waals surface area contributed by atoms with Crippen LogP contribution in [0.2, 0.25) is 0 Å². The molecule has 0 unspecified atom stereocenters. The molecule has 3 rings (SSSR count). The molecule has 0 radical (unpaired) electrons. The molecule has 1 aliphatic rings. The highest BCUT2D eigenvalue weighted by molar-refractivity contribution is 14.1. The Balaban J connectivity index is 1.84. The maximum Gasteiger partial charge on any atom is 0.363 e. The van der Waals surface area contributed by atoms with Gasteiger partial charge in [0.1, 0.15) is 11.6 Å². The molecule has 150 valence electrons. The van der Waals surface area contributed by atoms with E-state index in [4.69, 9.17) is 14.2 Å². The predicted octanol–water partition coefficient (Wildman–Crippen LogP) is 4.32. The number of nitrogens with zero attached hydrogens (tertiary/aromatic N) is 1. The summed E-state index contributed by atoms with van der Waals surface area (Å²) in [5, 5.41) is 0. The van der Waals surface area contributed by atoms with Gasteiger partial charge in [0.15, 0.2) is 12.3 Å². The van der Waals surface area contributed by atoms with Crippen LogP contribution in [0.15, 0.2) is 47.1 Å². The fourth-order valence-corrected chi connectivity index (χ4v) is 4.58. The standard InChI is InChI=1S/C20H14FI2NO5/c1-2-27-17(25)10-28-18-14(22)7-11(8-15(18)23)9-16-20(26)29-19(24-16)12-5-3-4-6-13(12)21/h3-9H,2,10H2,1H3/b16-9-. The average Bonchev–Trinajstić information content (AvgIpc) is 3.02. The normalized spacial score (nSPS) is 14.6. The lowest BCUT2D eigenvalue weighted by Gasteiger charge is -2.11. The molecule has 0 saturated carbocycles. The number of cyclic esters (lactones) is 1. The van der Waals surface area contributed by atoms with Gasteiger partial charge in [0.2, 0.25) is 5.90 Å². The molecule has 9 heteroatoms. The van der Waals surface area contributed by atoms with E-state index >= 15 is 0 Å². The maximum absolute atomic E-state index is 13.9. The first-order chi connectivity index (χ1) is 13.9. The molecule has 0 amide bonds. The van der Waals surface area contributed by atoms with Crippen molar-refractivity contribution in [3.8, 4) is 5.75 Å². The highest BCUT2D eigenvalue weighted by Crippen LogP contribution is 2.30. The lowest BCUT2D eigenvalue weighted by atomic mass is 10.2. The van der Waals surface area contributed by atoms with Gasteiger partial charge in [-0.25, -0.2) is 19.0 Å². The minimum Gasteiger partial charge on any atom is -0.480 e. The first kappa shape index (κ1) is 21.7. The van der Waals surface area contributed by atoms with Crippen LogP contribution in [0.1, 0.15) is 18.1 Å². The summed E-state index contributed by atoms with van der Waals surface area (Å²) >= 11 is 4.15. The van der Waals surface area contributed by atoms with Crippen LogP contribution in [0.25, 0.3) is 6.08 Å². The topological polar surface area (TPSA) is 74.2 Å². The van der Waals surface area contributed by atoms with Crippen molar-refractivity contribution in [1.29, 1.82) is 0 Å². The molecule has 0 aliphatic carbocycles. The van der Waals surface area contributed by atoms with Crippen molar-refractivity contribution >= 4 is 69.1 Å². The van der Waals surface area contributed by atoms with Crippen LogP contribution in [-0.2, 0) is 19.1 Å². The molecule has 0 spiro atoms. The van der Waals surface area contributed by atoms with Gasteiger partial charge in [0.05, 0.1) is 19.3 Å². The number of esters is 2. The van der Waals surface area contributed by atoms with Gasteiger partial charge < -0.3 is 14.2 Å². The van der Waals surface area contributed by atoms with Gasteiger partial charge in [-0.15, -0.1) is 0 Å². The number of carbonyl (C=O) groups is 2. The predicted molar refractivity (Wildman–Crippen MR) is 121 cm³/mol. The Kier molecular flexibility index (Phi) is 7.22. The molecular weight excluding hydrogens is 607 g/mol. The van der Waals surface area contributed by atoms with E-state index in [-0.39, 0.29) is 30.4 Å². The van der Waals surface area contributed by atoms with Crippen molar-refractivity contribution in [3.05, 3.63) is 66.2 Å². The van der Waals surface area contributed by atoms with Crippen LogP contribution in [0.4, 0.5) is 4.39 Å². The summed E-state index contributed by atoms with van der Waals surface area (Å²) in [5.41, 5.74) is 0.874. The van der Waals surface area contributed by atoms with E-state index in [1.807, 2.05) is 0 Å². The van der Waals surface area contributed by atoms with Crippen LogP contribution >= 0.6 is 45.2 Å². The molecular formula is C20H14FI2NO5. The fraction of sp³-hybridized carbons (Fsp3) is 0.150. The van der Waals surface area contributed by atoms with E-state index < -0.39 is 17.8 Å². The largest absolute Gasteiger partial charge is 0.480 e. The quantitative estimate of drug-likeness (QED) is 0.273. The zero-order chi connectivity index (χ0) is 21.0. The molecule has 0 fully saturated rings. The van der Waals surface area contributed by atoms with Gasteiger partial charge in [-0.05, 0) is 88.0 Å². The number of hydrogen-bond acceptors (Lipinski definition) is 6. The average molecular weight is 621 g/mol. The summed E-state index contributed by atoms with van der Waals surface area (Å²) in [6, 6.07) is 9.50. The Morgan fingerprint density at radius 3 is 2.59 bits per heavy atom. The molecule has 0 atom stereocenters. The van der Waals surface area contributed by atoms with Gasteiger partial charge in [0, 0.05) is 0 Å². The van der Waals surface area contributed by atoms with Crippen LogP contribution in [0.3, 0.4) is 0 Å². The highest BCUT2D eigenvalue weighted by Gasteiger charge is 2.26. The lowest BCUT2D eigenvalue weighted by Crippen LogP contribution is -2.15. The summed E-state index contributed by atoms with van der Waals surface area (Å²) in [4.78, 5) is 27.8. The van der Waals surface area contributed by atoms with Crippen molar-refractivity contribution in [2.24, 2.45) is 4.99 Å². The zero-order valence-corrected chi connectivity index (χ0v) is 19.4. The first-order valence-electron chi connectivity index (χ1n) is 8.44. The second-order valence-electron chi connectivity index (χ2n) is 5.72. The SMILES string of the molecule is CCOC(=O)COc1c(I)cc(/C=C2\N=C(c3ccccc3F)OC2=O)cc1I. The molecule has 1 aliphatic heterocycles. The molecule has 0 aromatic heterocycles. The minimum absolute atomic E-state index is 0.0649. The number of hydrogen-bond donors (Lipinski definition) is 0. The fourth-order valence-electron chi connectivity index (χ4n) is 2.45. The van der Waals surface area contributed by atoms with Crippen molar-refractivity contribution in [1.82, 2.24) is 0 Å². The molecule has 0 bridgehead atoms. The van der Waals surface area contributed by atoms with Crippen molar-refractivity contribution in [2.75, 3.05) is 13.2 Å². The van der Waals surface area contributed by atoms with Crippen molar-refractivity contribution in [2.45, 2.75) is 6.92 Å². The zero-order valence-electron chi connectivity index (χ0n) is 15.1. The maximum atomic E-state index is 13.9. The lowest BCUT2D eigenvalue weighted by molar-refractivity contribution is -0.145. The van der Waals surface area contributed by atoms with Gasteiger partial charge in [-0.1, -0.05) is 12.1 Å². The molecule has 2 aromatic rings. The number of aliphatic imine (C=N–C) groups is 1. The van der Waals surface area contributed by atoms with Crippen LogP contribution in [-0.4, -0.2) is 31.1 Å². The molecule has 29 heavy (non-hydrogen) atoms. The number of ether oxygens (including phenoxy) is 3. The van der Waals surface area contributed by atoms with Crippen LogP contribution in [0.5, 0.6) is 5.75 Å². The number of benzene rings is 2. The van der Waals surface area contributed by atoms with Gasteiger partial charge in [0.25, 0.3) is 0 Å². The molecule has 1 heterocycles. The third-order valence-corrected chi connectivity index (χ3v) is 5.29. The summed E-state index contributed by atoms with van der Waals surface area (Å²) in [7, 11) is 0. The Morgan fingerprint density at radius 2 is 1.93 bits per heavy atom.